The average molecular weight is 511 g/mol. The molecule has 0 fully saturated rings. The number of hydrogen-bond donors (Lipinski definition) is 1. The van der Waals surface area contributed by atoms with E-state index in [2.05, 4.69) is 27.9 Å². The van der Waals surface area contributed by atoms with Gasteiger partial charge in [0.1, 0.15) is 11.6 Å². The molecule has 0 aliphatic rings. The fraction of sp³-hybridized carbons (Fsp3) is 0.238. The fourth-order valence-electron chi connectivity index (χ4n) is 2.33. The molecule has 0 heterocycles. The lowest BCUT2D eigenvalue weighted by Gasteiger charge is -2.17. The molecule has 5 nitrogen and oxygen atoms in total. The highest BCUT2D eigenvalue weighted by Gasteiger charge is 2.15. The molecular formula is C21H20ClIN2O3. The molecule has 7 heteroatoms. The van der Waals surface area contributed by atoms with Gasteiger partial charge in [0.05, 0.1) is 16.3 Å². The summed E-state index contributed by atoms with van der Waals surface area (Å²) in [6.45, 7) is 6.23. The van der Waals surface area contributed by atoms with Crippen LogP contribution in [0.15, 0.2) is 42.0 Å². The first-order valence-electron chi connectivity index (χ1n) is 8.65. The molecule has 2 rings (SSSR count). The van der Waals surface area contributed by atoms with Gasteiger partial charge in [-0.15, -0.1) is 0 Å². The van der Waals surface area contributed by atoms with Gasteiger partial charge in [-0.2, -0.15) is 5.26 Å². The molecule has 0 bridgehead atoms. The second kappa shape index (κ2) is 10.3. The predicted octanol–water partition coefficient (Wildman–Crippen LogP) is 5.68. The van der Waals surface area contributed by atoms with E-state index >= 15 is 0 Å². The Morgan fingerprint density at radius 2 is 2.00 bits per heavy atom. The molecule has 2 aromatic rings. The third-order valence-electron chi connectivity index (χ3n) is 3.46. The topological polar surface area (TPSA) is 71.3 Å². The first-order chi connectivity index (χ1) is 13.3. The van der Waals surface area contributed by atoms with E-state index in [9.17, 15) is 10.1 Å². The van der Waals surface area contributed by atoms with E-state index in [-0.39, 0.29) is 11.7 Å². The zero-order valence-corrected chi connectivity index (χ0v) is 18.7. The second-order valence-electron chi connectivity index (χ2n) is 6.06. The summed E-state index contributed by atoms with van der Waals surface area (Å²) in [6, 6.07) is 12.2. The van der Waals surface area contributed by atoms with Crippen LogP contribution in [-0.2, 0) is 4.79 Å². The minimum absolute atomic E-state index is 0.00561. The van der Waals surface area contributed by atoms with Crippen molar-refractivity contribution in [2.75, 3.05) is 11.9 Å². The molecule has 0 aliphatic carbocycles. The van der Waals surface area contributed by atoms with Crippen molar-refractivity contribution in [3.8, 4) is 17.6 Å². The summed E-state index contributed by atoms with van der Waals surface area (Å²) < 4.78 is 12.4. The number of nitriles is 1. The van der Waals surface area contributed by atoms with E-state index in [1.54, 1.807) is 30.3 Å². The molecule has 1 amide bonds. The van der Waals surface area contributed by atoms with Crippen molar-refractivity contribution in [1.82, 2.24) is 0 Å². The SMILES string of the molecule is CCOc1cc(/C=C(\C#N)C(=O)Nc2ccc(Cl)cc2)cc(I)c1OC(C)C. The predicted molar refractivity (Wildman–Crippen MR) is 120 cm³/mol. The summed E-state index contributed by atoms with van der Waals surface area (Å²) in [4.78, 5) is 12.4. The highest BCUT2D eigenvalue weighted by Crippen LogP contribution is 2.35. The van der Waals surface area contributed by atoms with Gasteiger partial charge in [0.2, 0.25) is 0 Å². The molecule has 0 atom stereocenters. The van der Waals surface area contributed by atoms with Crippen molar-refractivity contribution in [3.05, 3.63) is 56.1 Å². The first-order valence-corrected chi connectivity index (χ1v) is 10.1. The Morgan fingerprint density at radius 3 is 2.57 bits per heavy atom. The van der Waals surface area contributed by atoms with E-state index in [1.165, 1.54) is 6.08 Å². The van der Waals surface area contributed by atoms with Crippen LogP contribution < -0.4 is 14.8 Å². The molecule has 0 saturated carbocycles. The lowest BCUT2D eigenvalue weighted by atomic mass is 10.1. The summed E-state index contributed by atoms with van der Waals surface area (Å²) >= 11 is 8.00. The van der Waals surface area contributed by atoms with Crippen molar-refractivity contribution in [1.29, 1.82) is 5.26 Å². The Morgan fingerprint density at radius 1 is 1.32 bits per heavy atom. The first kappa shape index (κ1) is 22.1. The van der Waals surface area contributed by atoms with Crippen molar-refractivity contribution >= 4 is 51.9 Å². The highest BCUT2D eigenvalue weighted by atomic mass is 127. The third-order valence-corrected chi connectivity index (χ3v) is 4.52. The number of carbonyl (C=O) groups is 1. The highest BCUT2D eigenvalue weighted by molar-refractivity contribution is 14.1. The van der Waals surface area contributed by atoms with Crippen LogP contribution in [-0.4, -0.2) is 18.6 Å². The normalized spacial score (nSPS) is 11.1. The summed E-state index contributed by atoms with van der Waals surface area (Å²) in [6.07, 6.45) is 1.52. The maximum atomic E-state index is 12.4. The smallest absolute Gasteiger partial charge is 0.266 e. The molecule has 146 valence electrons. The third kappa shape index (κ3) is 6.14. The Balaban J connectivity index is 2.33. The number of carbonyl (C=O) groups excluding carboxylic acids is 1. The van der Waals surface area contributed by atoms with E-state index in [4.69, 9.17) is 21.1 Å². The number of nitrogens with zero attached hydrogens (tertiary/aromatic N) is 1. The maximum Gasteiger partial charge on any atom is 0.266 e. The van der Waals surface area contributed by atoms with Crippen LogP contribution in [0.4, 0.5) is 5.69 Å². The monoisotopic (exact) mass is 510 g/mol. The van der Waals surface area contributed by atoms with Crippen LogP contribution in [0.1, 0.15) is 26.3 Å². The molecule has 0 radical (unpaired) electrons. The second-order valence-corrected chi connectivity index (χ2v) is 7.66. The molecule has 2 aromatic carbocycles. The number of rotatable bonds is 7. The van der Waals surface area contributed by atoms with Crippen molar-refractivity contribution in [2.24, 2.45) is 0 Å². The molecular weight excluding hydrogens is 491 g/mol. The molecule has 28 heavy (non-hydrogen) atoms. The fourth-order valence-corrected chi connectivity index (χ4v) is 3.21. The van der Waals surface area contributed by atoms with E-state index < -0.39 is 5.91 Å². The summed E-state index contributed by atoms with van der Waals surface area (Å²) in [5.74, 6) is 0.726. The summed E-state index contributed by atoms with van der Waals surface area (Å²) in [5.41, 5.74) is 1.21. The largest absolute Gasteiger partial charge is 0.490 e. The molecule has 0 aromatic heterocycles. The number of nitrogens with one attached hydrogen (secondary N) is 1. The van der Waals surface area contributed by atoms with Crippen LogP contribution >= 0.6 is 34.2 Å². The summed E-state index contributed by atoms with van der Waals surface area (Å²) in [7, 11) is 0. The van der Waals surface area contributed by atoms with Gasteiger partial charge in [0.15, 0.2) is 11.5 Å². The number of ether oxygens (including phenoxy) is 2. The van der Waals surface area contributed by atoms with E-state index in [0.29, 0.717) is 34.4 Å². The zero-order chi connectivity index (χ0) is 20.7. The Kier molecular flexibility index (Phi) is 8.15. The van der Waals surface area contributed by atoms with Gasteiger partial charge in [0, 0.05) is 10.7 Å². The summed E-state index contributed by atoms with van der Waals surface area (Å²) in [5, 5.41) is 12.7. The Hall–Kier alpha value is -2.24. The van der Waals surface area contributed by atoms with Crippen LogP contribution in [0.5, 0.6) is 11.5 Å². The number of anilines is 1. The van der Waals surface area contributed by atoms with Crippen molar-refractivity contribution in [3.63, 3.8) is 0 Å². The molecule has 0 spiro atoms. The molecule has 0 aliphatic heterocycles. The lowest BCUT2D eigenvalue weighted by Crippen LogP contribution is -2.13. The van der Waals surface area contributed by atoms with Crippen molar-refractivity contribution < 1.29 is 14.3 Å². The molecule has 1 N–H and O–H groups in total. The average Bonchev–Trinajstić information content (AvgIpc) is 2.64. The van der Waals surface area contributed by atoms with Gasteiger partial charge in [0.25, 0.3) is 5.91 Å². The van der Waals surface area contributed by atoms with Gasteiger partial charge in [-0.3, -0.25) is 4.79 Å². The maximum absolute atomic E-state index is 12.4. The Labute approximate surface area is 183 Å². The van der Waals surface area contributed by atoms with Crippen LogP contribution in [0.2, 0.25) is 5.02 Å². The lowest BCUT2D eigenvalue weighted by molar-refractivity contribution is -0.112. The number of hydrogen-bond acceptors (Lipinski definition) is 4. The van der Waals surface area contributed by atoms with Crippen LogP contribution in [0.3, 0.4) is 0 Å². The number of halogens is 2. The van der Waals surface area contributed by atoms with Crippen LogP contribution in [0, 0.1) is 14.9 Å². The number of benzene rings is 2. The van der Waals surface area contributed by atoms with Gasteiger partial charge >= 0.3 is 0 Å². The van der Waals surface area contributed by atoms with Crippen molar-refractivity contribution in [2.45, 2.75) is 26.9 Å². The van der Waals surface area contributed by atoms with E-state index in [0.717, 1.165) is 3.57 Å². The quantitative estimate of drug-likeness (QED) is 0.296. The number of amides is 1. The minimum Gasteiger partial charge on any atom is -0.490 e. The Bertz CT molecular complexity index is 918. The minimum atomic E-state index is -0.500. The van der Waals surface area contributed by atoms with Gasteiger partial charge < -0.3 is 14.8 Å². The molecule has 0 unspecified atom stereocenters. The zero-order valence-electron chi connectivity index (χ0n) is 15.8. The van der Waals surface area contributed by atoms with Gasteiger partial charge in [-0.25, -0.2) is 0 Å². The molecule has 0 saturated heterocycles. The van der Waals surface area contributed by atoms with Gasteiger partial charge in [-0.05, 0) is 91.4 Å². The van der Waals surface area contributed by atoms with Gasteiger partial charge in [-0.1, -0.05) is 11.6 Å². The standard InChI is InChI=1S/C21H20ClIN2O3/c1-4-27-19-11-14(10-18(23)20(19)28-13(2)3)9-15(12-24)21(26)25-17-7-5-16(22)6-8-17/h5-11,13H,4H2,1-3H3,(H,25,26)/b15-9+. The van der Waals surface area contributed by atoms with Crippen LogP contribution in [0.25, 0.3) is 6.08 Å². The van der Waals surface area contributed by atoms with E-state index in [1.807, 2.05) is 32.9 Å².